The number of likely N-dealkylation sites (tertiary alicyclic amines) is 1. The van der Waals surface area contributed by atoms with Crippen molar-refractivity contribution in [3.63, 3.8) is 0 Å². The van der Waals surface area contributed by atoms with Crippen LogP contribution in [0.3, 0.4) is 0 Å². The third kappa shape index (κ3) is 4.42. The van der Waals surface area contributed by atoms with Crippen molar-refractivity contribution in [1.29, 1.82) is 0 Å². The van der Waals surface area contributed by atoms with Crippen LogP contribution in [0.4, 0.5) is 0 Å². The molecule has 7 heteroatoms. The number of hydrogen-bond acceptors (Lipinski definition) is 5. The van der Waals surface area contributed by atoms with Crippen LogP contribution in [0.2, 0.25) is 0 Å². The maximum absolute atomic E-state index is 12.8. The molecule has 1 aliphatic heterocycles. The van der Waals surface area contributed by atoms with Crippen molar-refractivity contribution in [2.24, 2.45) is 0 Å². The fraction of sp³-hybridized carbons (Fsp3) is 0.400. The van der Waals surface area contributed by atoms with Crippen LogP contribution in [0.5, 0.6) is 11.5 Å². The molecule has 1 atom stereocenters. The highest BCUT2D eigenvalue weighted by Gasteiger charge is 2.36. The van der Waals surface area contributed by atoms with Gasteiger partial charge in [-0.1, -0.05) is 0 Å². The van der Waals surface area contributed by atoms with Crippen LogP contribution in [0.25, 0.3) is 0 Å². The van der Waals surface area contributed by atoms with Crippen LogP contribution in [0, 0.1) is 0 Å². The summed E-state index contributed by atoms with van der Waals surface area (Å²) < 4.78 is 16.0. The summed E-state index contributed by atoms with van der Waals surface area (Å²) in [6, 6.07) is 10.1. The van der Waals surface area contributed by atoms with Gasteiger partial charge in [-0.2, -0.15) is 0 Å². The predicted octanol–water partition coefficient (Wildman–Crippen LogP) is 2.43. The summed E-state index contributed by atoms with van der Waals surface area (Å²) in [5, 5.41) is 0. The first-order valence-corrected chi connectivity index (χ1v) is 8.96. The van der Waals surface area contributed by atoms with E-state index in [0.717, 1.165) is 12.2 Å². The number of ether oxygens (including phenoxy) is 2. The maximum Gasteiger partial charge on any atom is 0.290 e. The fourth-order valence-corrected chi connectivity index (χ4v) is 3.15. The molecule has 0 saturated carbocycles. The number of rotatable bonds is 7. The highest BCUT2D eigenvalue weighted by molar-refractivity contribution is 5.95. The number of furan rings is 1. The van der Waals surface area contributed by atoms with Crippen LogP contribution >= 0.6 is 0 Å². The lowest BCUT2D eigenvalue weighted by Gasteiger charge is -2.27. The molecule has 0 radical (unpaired) electrons. The Morgan fingerprint density at radius 1 is 1.22 bits per heavy atom. The maximum atomic E-state index is 12.8. The molecule has 0 bridgehead atoms. The lowest BCUT2D eigenvalue weighted by atomic mass is 10.2. The second-order valence-corrected chi connectivity index (χ2v) is 6.42. The molecule has 27 heavy (non-hydrogen) atoms. The van der Waals surface area contributed by atoms with Crippen molar-refractivity contribution >= 4 is 11.8 Å². The number of hydrogen-bond donors (Lipinski definition) is 0. The monoisotopic (exact) mass is 372 g/mol. The molecule has 2 heterocycles. The first-order chi connectivity index (χ1) is 13.1. The van der Waals surface area contributed by atoms with Gasteiger partial charge in [0.05, 0.1) is 19.9 Å². The lowest BCUT2D eigenvalue weighted by molar-refractivity contribution is -0.134. The van der Waals surface area contributed by atoms with Gasteiger partial charge in [0.2, 0.25) is 5.91 Å². The van der Waals surface area contributed by atoms with E-state index in [1.807, 2.05) is 24.3 Å². The first kappa shape index (κ1) is 18.8. The van der Waals surface area contributed by atoms with Crippen molar-refractivity contribution in [3.8, 4) is 11.5 Å². The minimum atomic E-state index is -0.450. The van der Waals surface area contributed by atoms with Gasteiger partial charge in [0.15, 0.2) is 5.76 Å². The van der Waals surface area contributed by atoms with Gasteiger partial charge in [-0.3, -0.25) is 9.59 Å². The van der Waals surface area contributed by atoms with E-state index in [1.165, 1.54) is 6.26 Å². The smallest absolute Gasteiger partial charge is 0.290 e. The molecule has 1 unspecified atom stereocenters. The molecular weight excluding hydrogens is 348 g/mol. The van der Waals surface area contributed by atoms with Crippen LogP contribution < -0.4 is 9.47 Å². The number of methoxy groups -OCH3 is 1. The minimum absolute atomic E-state index is 0.0780. The Morgan fingerprint density at radius 3 is 2.63 bits per heavy atom. The van der Waals surface area contributed by atoms with Gasteiger partial charge in [-0.15, -0.1) is 0 Å². The summed E-state index contributed by atoms with van der Waals surface area (Å²) >= 11 is 0. The van der Waals surface area contributed by atoms with Gasteiger partial charge < -0.3 is 23.7 Å². The van der Waals surface area contributed by atoms with Crippen molar-refractivity contribution in [3.05, 3.63) is 48.4 Å². The van der Waals surface area contributed by atoms with Gasteiger partial charge >= 0.3 is 0 Å². The SMILES string of the molecule is COc1ccc(OCCN(C)C(=O)C2CCCN2C(=O)c2ccco2)cc1. The van der Waals surface area contributed by atoms with Gasteiger partial charge in [-0.25, -0.2) is 0 Å². The molecule has 2 aromatic rings. The third-order valence-corrected chi connectivity index (χ3v) is 4.66. The van der Waals surface area contributed by atoms with E-state index in [1.54, 1.807) is 36.1 Å². The van der Waals surface area contributed by atoms with Gasteiger partial charge in [-0.05, 0) is 49.2 Å². The summed E-state index contributed by atoms with van der Waals surface area (Å²) in [6.07, 6.45) is 2.93. The largest absolute Gasteiger partial charge is 0.497 e. The molecule has 0 spiro atoms. The zero-order valence-electron chi connectivity index (χ0n) is 15.6. The Morgan fingerprint density at radius 2 is 1.96 bits per heavy atom. The van der Waals surface area contributed by atoms with E-state index < -0.39 is 6.04 Å². The second-order valence-electron chi connectivity index (χ2n) is 6.42. The van der Waals surface area contributed by atoms with Crippen molar-refractivity contribution < 1.29 is 23.5 Å². The quantitative estimate of drug-likeness (QED) is 0.746. The number of carbonyl (C=O) groups is 2. The number of likely N-dealkylation sites (N-methyl/N-ethyl adjacent to an activating group) is 1. The van der Waals surface area contributed by atoms with Crippen LogP contribution in [-0.2, 0) is 4.79 Å². The summed E-state index contributed by atoms with van der Waals surface area (Å²) in [4.78, 5) is 28.5. The molecule has 0 N–H and O–H groups in total. The zero-order chi connectivity index (χ0) is 19.2. The number of nitrogens with zero attached hydrogens (tertiary/aromatic N) is 2. The molecular formula is C20H24N2O5. The molecule has 2 amide bonds. The highest BCUT2D eigenvalue weighted by atomic mass is 16.5. The second kappa shape index (κ2) is 8.62. The van der Waals surface area contributed by atoms with E-state index in [0.29, 0.717) is 31.9 Å². The van der Waals surface area contributed by atoms with E-state index >= 15 is 0 Å². The normalized spacial score (nSPS) is 16.2. The predicted molar refractivity (Wildman–Crippen MR) is 98.9 cm³/mol. The average molecular weight is 372 g/mol. The number of benzene rings is 1. The van der Waals surface area contributed by atoms with E-state index in [9.17, 15) is 9.59 Å². The molecule has 0 aliphatic carbocycles. The topological polar surface area (TPSA) is 72.2 Å². The zero-order valence-corrected chi connectivity index (χ0v) is 15.6. The van der Waals surface area contributed by atoms with Crippen molar-refractivity contribution in [2.45, 2.75) is 18.9 Å². The molecule has 1 aliphatic rings. The Hall–Kier alpha value is -2.96. The lowest BCUT2D eigenvalue weighted by Crippen LogP contribution is -2.47. The molecule has 7 nitrogen and oxygen atoms in total. The van der Waals surface area contributed by atoms with E-state index in [4.69, 9.17) is 13.9 Å². The Bertz CT molecular complexity index is 757. The Labute approximate surface area is 158 Å². The first-order valence-electron chi connectivity index (χ1n) is 8.96. The van der Waals surface area contributed by atoms with Gasteiger partial charge in [0.25, 0.3) is 5.91 Å². The molecule has 1 aromatic heterocycles. The fourth-order valence-electron chi connectivity index (χ4n) is 3.15. The minimum Gasteiger partial charge on any atom is -0.497 e. The third-order valence-electron chi connectivity index (χ3n) is 4.66. The molecule has 3 rings (SSSR count). The Kier molecular flexibility index (Phi) is 6.01. The summed E-state index contributed by atoms with van der Waals surface area (Å²) in [7, 11) is 3.34. The average Bonchev–Trinajstić information content (AvgIpc) is 3.39. The highest BCUT2D eigenvalue weighted by Crippen LogP contribution is 2.22. The number of carbonyl (C=O) groups excluding carboxylic acids is 2. The number of amides is 2. The van der Waals surface area contributed by atoms with Crippen molar-refractivity contribution in [2.75, 3.05) is 33.9 Å². The molecule has 1 saturated heterocycles. The van der Waals surface area contributed by atoms with Gasteiger partial charge in [0.1, 0.15) is 24.1 Å². The molecule has 144 valence electrons. The Balaban J connectivity index is 1.52. The summed E-state index contributed by atoms with van der Waals surface area (Å²) in [5.74, 6) is 1.42. The van der Waals surface area contributed by atoms with E-state index in [2.05, 4.69) is 0 Å². The van der Waals surface area contributed by atoms with Crippen LogP contribution in [0.1, 0.15) is 23.4 Å². The van der Waals surface area contributed by atoms with E-state index in [-0.39, 0.29) is 17.6 Å². The van der Waals surface area contributed by atoms with Gasteiger partial charge in [0, 0.05) is 13.6 Å². The van der Waals surface area contributed by atoms with Crippen molar-refractivity contribution in [1.82, 2.24) is 9.80 Å². The van der Waals surface area contributed by atoms with Crippen LogP contribution in [-0.4, -0.2) is 61.5 Å². The summed E-state index contributed by atoms with van der Waals surface area (Å²) in [6.45, 7) is 1.36. The van der Waals surface area contributed by atoms with Crippen LogP contribution in [0.15, 0.2) is 47.1 Å². The standard InChI is InChI=1S/C20H24N2O5/c1-21(12-14-26-16-9-7-15(25-2)8-10-16)19(23)17-5-3-11-22(17)20(24)18-6-4-13-27-18/h4,6-10,13,17H,3,5,11-12,14H2,1-2H3. The molecule has 1 aromatic carbocycles. The molecule has 1 fully saturated rings. The summed E-state index contributed by atoms with van der Waals surface area (Å²) in [5.41, 5.74) is 0.